The number of anilines is 1. The predicted molar refractivity (Wildman–Crippen MR) is 55.9 cm³/mol. The minimum atomic E-state index is 0.408. The summed E-state index contributed by atoms with van der Waals surface area (Å²) in [6.07, 6.45) is 3.89. The van der Waals surface area contributed by atoms with Crippen molar-refractivity contribution in [1.29, 1.82) is 0 Å². The van der Waals surface area contributed by atoms with Gasteiger partial charge in [-0.2, -0.15) is 0 Å². The molecule has 1 heterocycles. The van der Waals surface area contributed by atoms with Crippen LogP contribution in [0.4, 0.5) is 5.95 Å². The van der Waals surface area contributed by atoms with Crippen LogP contribution in [0.25, 0.3) is 0 Å². The van der Waals surface area contributed by atoms with Crippen LogP contribution >= 0.6 is 0 Å². The highest BCUT2D eigenvalue weighted by atomic mass is 15.2. The van der Waals surface area contributed by atoms with Gasteiger partial charge in [0.05, 0.1) is 5.69 Å². The molecule has 0 aromatic carbocycles. The molecule has 0 aliphatic heterocycles. The number of nitrogens with one attached hydrogen (secondary N) is 1. The Kier molecular flexibility index (Phi) is 3.12. The zero-order valence-electron chi connectivity index (χ0n) is 8.54. The summed E-state index contributed by atoms with van der Waals surface area (Å²) in [4.78, 5) is 4.37. The van der Waals surface area contributed by atoms with E-state index in [9.17, 15) is 0 Å². The molecule has 1 rings (SSSR count). The zero-order chi connectivity index (χ0) is 9.84. The molecule has 0 aliphatic rings. The molecule has 0 radical (unpaired) electrons. The van der Waals surface area contributed by atoms with E-state index in [0.717, 1.165) is 18.2 Å². The summed E-state index contributed by atoms with van der Waals surface area (Å²) in [6.45, 7) is 10.7. The monoisotopic (exact) mass is 179 g/mol. The third kappa shape index (κ3) is 2.61. The molecular formula is C10H17N3. The van der Waals surface area contributed by atoms with Gasteiger partial charge in [0.1, 0.15) is 0 Å². The number of hydrogen-bond donors (Lipinski definition) is 1. The second kappa shape index (κ2) is 4.12. The van der Waals surface area contributed by atoms with E-state index in [1.54, 1.807) is 0 Å². The Morgan fingerprint density at radius 2 is 2.38 bits per heavy atom. The number of hydrogen-bond acceptors (Lipinski definition) is 2. The van der Waals surface area contributed by atoms with Crippen molar-refractivity contribution in [3.8, 4) is 0 Å². The molecule has 1 N–H and O–H groups in total. The van der Waals surface area contributed by atoms with Gasteiger partial charge in [-0.15, -0.1) is 6.58 Å². The van der Waals surface area contributed by atoms with E-state index in [4.69, 9.17) is 0 Å². The Morgan fingerprint density at radius 1 is 1.69 bits per heavy atom. The fourth-order valence-corrected chi connectivity index (χ4v) is 1.20. The second-order valence-corrected chi connectivity index (χ2v) is 3.45. The summed E-state index contributed by atoms with van der Waals surface area (Å²) in [5.74, 6) is 0.924. The van der Waals surface area contributed by atoms with E-state index >= 15 is 0 Å². The second-order valence-electron chi connectivity index (χ2n) is 3.45. The quantitative estimate of drug-likeness (QED) is 0.718. The van der Waals surface area contributed by atoms with E-state index in [2.05, 4.69) is 35.3 Å². The van der Waals surface area contributed by atoms with Gasteiger partial charge in [-0.25, -0.2) is 4.98 Å². The molecule has 0 saturated heterocycles. The van der Waals surface area contributed by atoms with Crippen molar-refractivity contribution in [3.63, 3.8) is 0 Å². The molecule has 0 saturated carbocycles. The zero-order valence-corrected chi connectivity index (χ0v) is 8.54. The Balaban J connectivity index is 2.83. The van der Waals surface area contributed by atoms with E-state index in [1.807, 2.05) is 19.2 Å². The molecule has 3 heteroatoms. The number of rotatable bonds is 4. The molecule has 0 bridgehead atoms. The number of nitrogens with zero attached hydrogens (tertiary/aromatic N) is 2. The van der Waals surface area contributed by atoms with Gasteiger partial charge in [-0.3, -0.25) is 0 Å². The topological polar surface area (TPSA) is 29.9 Å². The summed E-state index contributed by atoms with van der Waals surface area (Å²) in [7, 11) is 0. The average Bonchev–Trinajstić information content (AvgIpc) is 2.31. The van der Waals surface area contributed by atoms with Crippen LogP contribution in [0.3, 0.4) is 0 Å². The summed E-state index contributed by atoms with van der Waals surface area (Å²) in [5.41, 5.74) is 1.03. The molecule has 1 aromatic heterocycles. The molecular weight excluding hydrogens is 162 g/mol. The molecule has 1 aromatic rings. The smallest absolute Gasteiger partial charge is 0.203 e. The van der Waals surface area contributed by atoms with Crippen LogP contribution < -0.4 is 5.32 Å². The van der Waals surface area contributed by atoms with Gasteiger partial charge in [0, 0.05) is 18.8 Å². The Bertz CT molecular complexity index is 286. The summed E-state index contributed by atoms with van der Waals surface area (Å²) in [6, 6.07) is 0.408. The van der Waals surface area contributed by atoms with E-state index in [1.165, 1.54) is 0 Å². The molecule has 0 spiro atoms. The molecule has 13 heavy (non-hydrogen) atoms. The van der Waals surface area contributed by atoms with Crippen molar-refractivity contribution < 1.29 is 0 Å². The van der Waals surface area contributed by atoms with Gasteiger partial charge < -0.3 is 9.88 Å². The van der Waals surface area contributed by atoms with Gasteiger partial charge in [-0.05, 0) is 20.8 Å². The Morgan fingerprint density at radius 3 is 2.92 bits per heavy atom. The normalized spacial score (nSPS) is 10.5. The van der Waals surface area contributed by atoms with Crippen LogP contribution in [0.15, 0.2) is 18.9 Å². The lowest BCUT2D eigenvalue weighted by molar-refractivity contribution is 0.789. The third-order valence-electron chi connectivity index (χ3n) is 1.64. The highest BCUT2D eigenvalue weighted by Gasteiger charge is 2.04. The number of allylic oxidation sites excluding steroid dienone is 1. The average molecular weight is 179 g/mol. The van der Waals surface area contributed by atoms with Crippen LogP contribution in [0.5, 0.6) is 0 Å². The van der Waals surface area contributed by atoms with E-state index in [0.29, 0.717) is 6.04 Å². The summed E-state index contributed by atoms with van der Waals surface area (Å²) >= 11 is 0. The standard InChI is InChI=1S/C10H17N3/c1-5-6-13-7-9(4)12-10(13)11-8(2)3/h5,7-8H,1,6H2,2-4H3,(H,11,12). The van der Waals surface area contributed by atoms with Crippen LogP contribution in [-0.4, -0.2) is 15.6 Å². The number of imidazole rings is 1. The molecule has 0 atom stereocenters. The molecule has 72 valence electrons. The highest BCUT2D eigenvalue weighted by molar-refractivity contribution is 5.29. The van der Waals surface area contributed by atoms with Crippen LogP contribution in [-0.2, 0) is 6.54 Å². The molecule has 0 fully saturated rings. The first-order valence-corrected chi connectivity index (χ1v) is 4.54. The van der Waals surface area contributed by atoms with Crippen molar-refractivity contribution >= 4 is 5.95 Å². The SMILES string of the molecule is C=CCn1cc(C)nc1NC(C)C. The lowest BCUT2D eigenvalue weighted by atomic mass is 10.4. The minimum Gasteiger partial charge on any atom is -0.353 e. The third-order valence-corrected chi connectivity index (χ3v) is 1.64. The molecule has 0 unspecified atom stereocenters. The van der Waals surface area contributed by atoms with Crippen LogP contribution in [0, 0.1) is 6.92 Å². The van der Waals surface area contributed by atoms with E-state index < -0.39 is 0 Å². The van der Waals surface area contributed by atoms with Crippen molar-refractivity contribution in [2.75, 3.05) is 5.32 Å². The lowest BCUT2D eigenvalue weighted by Gasteiger charge is -2.10. The van der Waals surface area contributed by atoms with Crippen LogP contribution in [0.1, 0.15) is 19.5 Å². The predicted octanol–water partition coefficient (Wildman–Crippen LogP) is 2.20. The Labute approximate surface area is 79.5 Å². The summed E-state index contributed by atoms with van der Waals surface area (Å²) < 4.78 is 2.06. The first kappa shape index (κ1) is 9.84. The maximum absolute atomic E-state index is 4.37. The van der Waals surface area contributed by atoms with Gasteiger partial charge in [0.2, 0.25) is 5.95 Å². The number of aryl methyl sites for hydroxylation is 1. The first-order chi connectivity index (χ1) is 6.13. The van der Waals surface area contributed by atoms with Crippen molar-refractivity contribution in [1.82, 2.24) is 9.55 Å². The Hall–Kier alpha value is -1.25. The van der Waals surface area contributed by atoms with E-state index in [-0.39, 0.29) is 0 Å². The van der Waals surface area contributed by atoms with Crippen molar-refractivity contribution in [2.24, 2.45) is 0 Å². The highest BCUT2D eigenvalue weighted by Crippen LogP contribution is 2.09. The number of aromatic nitrogens is 2. The molecule has 0 amide bonds. The fraction of sp³-hybridized carbons (Fsp3) is 0.500. The fourth-order valence-electron chi connectivity index (χ4n) is 1.20. The maximum Gasteiger partial charge on any atom is 0.203 e. The van der Waals surface area contributed by atoms with Crippen molar-refractivity contribution in [3.05, 3.63) is 24.5 Å². The molecule has 3 nitrogen and oxygen atoms in total. The molecule has 0 aliphatic carbocycles. The van der Waals surface area contributed by atoms with Crippen LogP contribution in [0.2, 0.25) is 0 Å². The largest absolute Gasteiger partial charge is 0.353 e. The van der Waals surface area contributed by atoms with Gasteiger partial charge in [0.25, 0.3) is 0 Å². The summed E-state index contributed by atoms with van der Waals surface area (Å²) in [5, 5.41) is 3.28. The minimum absolute atomic E-state index is 0.408. The van der Waals surface area contributed by atoms with Gasteiger partial charge in [-0.1, -0.05) is 6.08 Å². The van der Waals surface area contributed by atoms with Gasteiger partial charge >= 0.3 is 0 Å². The first-order valence-electron chi connectivity index (χ1n) is 4.54. The maximum atomic E-state index is 4.37. The van der Waals surface area contributed by atoms with Gasteiger partial charge in [0.15, 0.2) is 0 Å². The van der Waals surface area contributed by atoms with Crippen molar-refractivity contribution in [2.45, 2.75) is 33.4 Å². The lowest BCUT2D eigenvalue weighted by Crippen LogP contribution is -2.14.